The summed E-state index contributed by atoms with van der Waals surface area (Å²) in [6.07, 6.45) is 0. The molecule has 0 bridgehead atoms. The molecule has 0 aliphatic carbocycles. The van der Waals surface area contributed by atoms with E-state index < -0.39 is 10.0 Å². The Balaban J connectivity index is 1.75. The molecular weight excluding hydrogens is 378 g/mol. The molecule has 0 aliphatic rings. The quantitative estimate of drug-likeness (QED) is 0.651. The molecule has 3 heterocycles. The van der Waals surface area contributed by atoms with Gasteiger partial charge in [-0.1, -0.05) is 6.07 Å². The zero-order valence-electron chi connectivity index (χ0n) is 13.9. The Morgan fingerprint density at radius 1 is 1.24 bits per heavy atom. The summed E-state index contributed by atoms with van der Waals surface area (Å²) in [4.78, 5) is 14.6. The number of sulfonamides is 1. The van der Waals surface area contributed by atoms with Gasteiger partial charge in [-0.15, -0.1) is 22.7 Å². The SMILES string of the molecule is Cc1nn(C)c(C)c1S(=O)(=O)NCc1ccc(C(=O)c2cccs2)s1. The minimum atomic E-state index is -3.66. The lowest BCUT2D eigenvalue weighted by Gasteiger charge is -2.06. The Morgan fingerprint density at radius 2 is 2.00 bits per heavy atom. The number of carbonyl (C=O) groups is 1. The Bertz CT molecular complexity index is 1010. The summed E-state index contributed by atoms with van der Waals surface area (Å²) in [5.41, 5.74) is 1.05. The Hall–Kier alpha value is -1.81. The van der Waals surface area contributed by atoms with E-state index >= 15 is 0 Å². The first-order valence-corrected chi connectivity index (χ1v) is 10.6. The van der Waals surface area contributed by atoms with Gasteiger partial charge in [0.15, 0.2) is 0 Å². The zero-order chi connectivity index (χ0) is 18.2. The summed E-state index contributed by atoms with van der Waals surface area (Å²) in [5, 5.41) is 6.00. The molecule has 0 aliphatic heterocycles. The number of aromatic nitrogens is 2. The fraction of sp³-hybridized carbons (Fsp3) is 0.250. The number of ketones is 1. The number of thiophene rings is 2. The van der Waals surface area contributed by atoms with Crippen molar-refractivity contribution >= 4 is 38.5 Å². The second-order valence-corrected chi connectivity index (χ2v) is 9.34. The first-order valence-electron chi connectivity index (χ1n) is 7.46. The minimum Gasteiger partial charge on any atom is -0.287 e. The van der Waals surface area contributed by atoms with Gasteiger partial charge in [0.2, 0.25) is 15.8 Å². The van der Waals surface area contributed by atoms with Crippen LogP contribution in [0.15, 0.2) is 34.5 Å². The lowest BCUT2D eigenvalue weighted by molar-refractivity contribution is 0.104. The monoisotopic (exact) mass is 395 g/mol. The molecule has 25 heavy (non-hydrogen) atoms. The topological polar surface area (TPSA) is 81.1 Å². The van der Waals surface area contributed by atoms with Crippen molar-refractivity contribution in [2.45, 2.75) is 25.3 Å². The molecule has 1 N–H and O–H groups in total. The van der Waals surface area contributed by atoms with Crippen molar-refractivity contribution < 1.29 is 13.2 Å². The highest BCUT2D eigenvalue weighted by molar-refractivity contribution is 7.89. The maximum Gasteiger partial charge on any atom is 0.244 e. The van der Waals surface area contributed by atoms with E-state index in [-0.39, 0.29) is 17.2 Å². The highest BCUT2D eigenvalue weighted by atomic mass is 32.2. The molecule has 0 fully saturated rings. The van der Waals surface area contributed by atoms with Gasteiger partial charge >= 0.3 is 0 Å². The third-order valence-electron chi connectivity index (χ3n) is 3.78. The standard InChI is InChI=1S/C16H17N3O3S3/c1-10-16(11(2)19(3)18-10)25(21,22)17-9-12-6-7-14(24-12)15(20)13-5-4-8-23-13/h4-8,17H,9H2,1-3H3. The van der Waals surface area contributed by atoms with E-state index in [0.717, 1.165) is 4.88 Å². The highest BCUT2D eigenvalue weighted by Gasteiger charge is 2.23. The molecule has 0 amide bonds. The summed E-state index contributed by atoms with van der Waals surface area (Å²) in [7, 11) is -1.95. The van der Waals surface area contributed by atoms with Crippen molar-refractivity contribution in [1.82, 2.24) is 14.5 Å². The maximum atomic E-state index is 12.6. The van der Waals surface area contributed by atoms with E-state index in [1.807, 2.05) is 11.4 Å². The van der Waals surface area contributed by atoms with Gasteiger partial charge in [0.25, 0.3) is 0 Å². The molecule has 0 radical (unpaired) electrons. The summed E-state index contributed by atoms with van der Waals surface area (Å²) in [5.74, 6) is -0.0342. The van der Waals surface area contributed by atoms with Crippen molar-refractivity contribution in [3.63, 3.8) is 0 Å². The first-order chi connectivity index (χ1) is 11.8. The van der Waals surface area contributed by atoms with Crippen LogP contribution in [0.25, 0.3) is 0 Å². The van der Waals surface area contributed by atoms with Gasteiger partial charge in [-0.25, -0.2) is 13.1 Å². The highest BCUT2D eigenvalue weighted by Crippen LogP contribution is 2.23. The third-order valence-corrected chi connectivity index (χ3v) is 7.38. The average molecular weight is 396 g/mol. The van der Waals surface area contributed by atoms with E-state index in [4.69, 9.17) is 0 Å². The van der Waals surface area contributed by atoms with Gasteiger partial charge in [0.05, 0.1) is 21.1 Å². The van der Waals surface area contributed by atoms with E-state index in [0.29, 0.717) is 21.1 Å². The van der Waals surface area contributed by atoms with Gasteiger partial charge in [-0.2, -0.15) is 5.10 Å². The number of hydrogen-bond donors (Lipinski definition) is 1. The van der Waals surface area contributed by atoms with Crippen LogP contribution < -0.4 is 4.72 Å². The van der Waals surface area contributed by atoms with Crippen LogP contribution in [0.2, 0.25) is 0 Å². The Kier molecular flexibility index (Phi) is 4.92. The maximum absolute atomic E-state index is 12.6. The second-order valence-electron chi connectivity index (χ2n) is 5.52. The number of aryl methyl sites for hydroxylation is 2. The summed E-state index contributed by atoms with van der Waals surface area (Å²) < 4.78 is 29.3. The normalized spacial score (nSPS) is 11.8. The average Bonchev–Trinajstić information content (AvgIpc) is 3.27. The van der Waals surface area contributed by atoms with Crippen molar-refractivity contribution in [2.24, 2.45) is 7.05 Å². The molecule has 0 unspecified atom stereocenters. The van der Waals surface area contributed by atoms with Crippen LogP contribution in [0.4, 0.5) is 0 Å². The van der Waals surface area contributed by atoms with Gasteiger partial charge in [-0.05, 0) is 37.4 Å². The largest absolute Gasteiger partial charge is 0.287 e. The van der Waals surface area contributed by atoms with Crippen LogP contribution in [-0.2, 0) is 23.6 Å². The van der Waals surface area contributed by atoms with Gasteiger partial charge in [-0.3, -0.25) is 9.48 Å². The van der Waals surface area contributed by atoms with Crippen LogP contribution in [0.1, 0.15) is 30.8 Å². The number of carbonyl (C=O) groups excluding carboxylic acids is 1. The van der Waals surface area contributed by atoms with Crippen LogP contribution in [0.3, 0.4) is 0 Å². The summed E-state index contributed by atoms with van der Waals surface area (Å²) in [6, 6.07) is 7.12. The molecule has 9 heteroatoms. The molecule has 6 nitrogen and oxygen atoms in total. The number of nitrogens with one attached hydrogen (secondary N) is 1. The lowest BCUT2D eigenvalue weighted by Crippen LogP contribution is -2.24. The fourth-order valence-corrected chi connectivity index (χ4v) is 5.68. The van der Waals surface area contributed by atoms with Crippen LogP contribution in [0.5, 0.6) is 0 Å². The van der Waals surface area contributed by atoms with Crippen LogP contribution in [-0.4, -0.2) is 24.0 Å². The molecule has 3 rings (SSSR count). The summed E-state index contributed by atoms with van der Waals surface area (Å²) >= 11 is 2.69. The molecule has 132 valence electrons. The van der Waals surface area contributed by atoms with Crippen molar-refractivity contribution in [3.05, 3.63) is 55.7 Å². The second kappa shape index (κ2) is 6.83. The Labute approximate surface area is 154 Å². The summed E-state index contributed by atoms with van der Waals surface area (Å²) in [6.45, 7) is 3.53. The number of rotatable bonds is 6. The van der Waals surface area contributed by atoms with Gasteiger partial charge in [0.1, 0.15) is 4.90 Å². The van der Waals surface area contributed by atoms with Crippen LogP contribution >= 0.6 is 22.7 Å². The van der Waals surface area contributed by atoms with E-state index in [1.165, 1.54) is 22.7 Å². The molecule has 0 atom stereocenters. The molecule has 0 saturated heterocycles. The van der Waals surface area contributed by atoms with Crippen molar-refractivity contribution in [1.29, 1.82) is 0 Å². The predicted octanol–water partition coefficient (Wildman–Crippen LogP) is 2.87. The molecule has 3 aromatic rings. The van der Waals surface area contributed by atoms with Gasteiger partial charge in [0, 0.05) is 18.5 Å². The smallest absolute Gasteiger partial charge is 0.244 e. The number of nitrogens with zero attached hydrogens (tertiary/aromatic N) is 2. The molecule has 0 spiro atoms. The Morgan fingerprint density at radius 3 is 2.60 bits per heavy atom. The van der Waals surface area contributed by atoms with E-state index in [2.05, 4.69) is 9.82 Å². The predicted molar refractivity (Wildman–Crippen MR) is 98.8 cm³/mol. The molecule has 3 aromatic heterocycles. The lowest BCUT2D eigenvalue weighted by atomic mass is 10.3. The van der Waals surface area contributed by atoms with Gasteiger partial charge < -0.3 is 0 Å². The molecule has 0 aromatic carbocycles. The fourth-order valence-electron chi connectivity index (χ4n) is 2.51. The minimum absolute atomic E-state index is 0.0342. The molecule has 0 saturated carbocycles. The first kappa shape index (κ1) is 18.0. The van der Waals surface area contributed by atoms with Crippen molar-refractivity contribution in [2.75, 3.05) is 0 Å². The van der Waals surface area contributed by atoms with Crippen molar-refractivity contribution in [3.8, 4) is 0 Å². The van der Waals surface area contributed by atoms with E-state index in [9.17, 15) is 13.2 Å². The van der Waals surface area contributed by atoms with E-state index in [1.54, 1.807) is 43.8 Å². The number of hydrogen-bond acceptors (Lipinski definition) is 6. The third kappa shape index (κ3) is 3.59. The molecular formula is C16H17N3O3S3. The zero-order valence-corrected chi connectivity index (χ0v) is 16.4. The van der Waals surface area contributed by atoms with Crippen LogP contribution in [0, 0.1) is 13.8 Å².